The summed E-state index contributed by atoms with van der Waals surface area (Å²) >= 11 is 1.47. The van der Waals surface area contributed by atoms with Crippen LogP contribution in [0.4, 0.5) is 0 Å². The van der Waals surface area contributed by atoms with Gasteiger partial charge in [-0.25, -0.2) is 4.98 Å². The van der Waals surface area contributed by atoms with Crippen LogP contribution in [0.3, 0.4) is 0 Å². The number of aryl methyl sites for hydroxylation is 1. The first kappa shape index (κ1) is 14.8. The minimum absolute atomic E-state index is 0.516. The molecule has 7 heteroatoms. The number of nitrogens with one attached hydrogen (secondary N) is 1. The molecule has 0 aliphatic carbocycles. The summed E-state index contributed by atoms with van der Waals surface area (Å²) in [5.41, 5.74) is -0.741. The topological polar surface area (TPSA) is 103 Å². The number of carbonyl (C=O) groups is 1. The van der Waals surface area contributed by atoms with Gasteiger partial charge in [0.2, 0.25) is 5.91 Å². The lowest BCUT2D eigenvalue weighted by molar-refractivity contribution is -0.120. The Morgan fingerprint density at radius 3 is 2.50 bits per heavy atom. The van der Waals surface area contributed by atoms with Gasteiger partial charge < -0.3 is 20.6 Å². The minimum Gasteiger partial charge on any atom is -0.394 e. The summed E-state index contributed by atoms with van der Waals surface area (Å²) in [5.74, 6) is -0.516. The van der Waals surface area contributed by atoms with E-state index in [2.05, 4.69) is 10.3 Å². The monoisotopic (exact) mass is 272 g/mol. The van der Waals surface area contributed by atoms with E-state index in [9.17, 15) is 4.79 Å². The molecule has 0 saturated carbocycles. The van der Waals surface area contributed by atoms with Crippen LogP contribution >= 0.6 is 11.3 Å². The second kappa shape index (κ2) is 6.60. The first-order chi connectivity index (χ1) is 8.55. The van der Waals surface area contributed by atoms with Gasteiger partial charge in [-0.3, -0.25) is 4.79 Å². The lowest BCUT2D eigenvalue weighted by Crippen LogP contribution is -2.56. The van der Waals surface area contributed by atoms with Crippen LogP contribution in [-0.4, -0.2) is 51.6 Å². The number of aliphatic hydroxyl groups excluding tert-OH is 3. The number of hydrogen-bond acceptors (Lipinski definition) is 6. The highest BCUT2D eigenvalue weighted by Crippen LogP contribution is 2.09. The van der Waals surface area contributed by atoms with Crippen molar-refractivity contribution < 1.29 is 20.1 Å². The van der Waals surface area contributed by atoms with Gasteiger partial charge in [0.25, 0.3) is 0 Å². The van der Waals surface area contributed by atoms with Gasteiger partial charge in [-0.1, -0.05) is 0 Å². The summed E-state index contributed by atoms with van der Waals surface area (Å²) in [6, 6.07) is 0. The van der Waals surface area contributed by atoms with Crippen molar-refractivity contribution in [3.8, 4) is 0 Å². The zero-order valence-corrected chi connectivity index (χ0v) is 10.8. The predicted molar refractivity (Wildman–Crippen MR) is 68.0 cm³/mol. The van der Waals surface area contributed by atoms with Gasteiger partial charge in [-0.2, -0.15) is 0 Å². The van der Waals surface area contributed by atoms with Crippen molar-refractivity contribution in [2.45, 2.75) is 12.5 Å². The predicted octanol–water partition coefficient (Wildman–Crippen LogP) is -0.703. The average molecular weight is 272 g/mol. The molecule has 0 aliphatic heterocycles. The van der Waals surface area contributed by atoms with Crippen molar-refractivity contribution in [1.29, 1.82) is 0 Å². The fraction of sp³-hybridized carbons (Fsp3) is 0.455. The molecule has 0 saturated heterocycles. The second-order valence-electron chi connectivity index (χ2n) is 3.87. The zero-order valence-electron chi connectivity index (χ0n) is 9.96. The maximum Gasteiger partial charge on any atom is 0.244 e. The van der Waals surface area contributed by atoms with Gasteiger partial charge in [0.15, 0.2) is 0 Å². The lowest BCUT2D eigenvalue weighted by Gasteiger charge is -2.27. The van der Waals surface area contributed by atoms with E-state index in [1.165, 1.54) is 23.5 Å². The number of nitrogens with zero attached hydrogens (tertiary/aromatic N) is 1. The Kier molecular flexibility index (Phi) is 5.42. The largest absolute Gasteiger partial charge is 0.394 e. The normalized spacial score (nSPS) is 12.0. The van der Waals surface area contributed by atoms with E-state index in [-0.39, 0.29) is 0 Å². The first-order valence-electron chi connectivity index (χ1n) is 5.30. The smallest absolute Gasteiger partial charge is 0.244 e. The molecular weight excluding hydrogens is 256 g/mol. The molecule has 0 unspecified atom stereocenters. The quantitative estimate of drug-likeness (QED) is 0.513. The molecule has 0 bridgehead atoms. The van der Waals surface area contributed by atoms with Crippen LogP contribution in [0.5, 0.6) is 0 Å². The number of hydrogen-bond donors (Lipinski definition) is 4. The molecule has 4 N–H and O–H groups in total. The highest BCUT2D eigenvalue weighted by atomic mass is 32.1. The van der Waals surface area contributed by atoms with E-state index in [1.807, 2.05) is 6.92 Å². The molecule has 18 heavy (non-hydrogen) atoms. The van der Waals surface area contributed by atoms with Gasteiger partial charge in [-0.05, 0) is 13.0 Å². The van der Waals surface area contributed by atoms with Gasteiger partial charge in [0.1, 0.15) is 5.54 Å². The second-order valence-corrected chi connectivity index (χ2v) is 4.93. The molecule has 1 amide bonds. The highest BCUT2D eigenvalue weighted by Gasteiger charge is 2.29. The van der Waals surface area contributed by atoms with Gasteiger partial charge in [-0.15, -0.1) is 11.3 Å². The summed E-state index contributed by atoms with van der Waals surface area (Å²) in [6.07, 6.45) is 2.76. The molecule has 1 heterocycles. The molecule has 0 spiro atoms. The summed E-state index contributed by atoms with van der Waals surface area (Å²) < 4.78 is 0. The van der Waals surface area contributed by atoms with Crippen LogP contribution in [0.25, 0.3) is 6.08 Å². The number of aliphatic hydroxyl groups is 3. The number of rotatable bonds is 6. The Morgan fingerprint density at radius 2 is 2.06 bits per heavy atom. The third kappa shape index (κ3) is 3.88. The SMILES string of the molecule is Cc1nc(/C=C/C(=O)NC(CO)(CO)CO)cs1. The maximum atomic E-state index is 11.6. The Balaban J connectivity index is 2.63. The van der Waals surface area contributed by atoms with Crippen LogP contribution in [0.2, 0.25) is 0 Å². The van der Waals surface area contributed by atoms with Crippen molar-refractivity contribution in [3.63, 3.8) is 0 Å². The van der Waals surface area contributed by atoms with Gasteiger partial charge in [0, 0.05) is 11.5 Å². The molecule has 1 aromatic heterocycles. The van der Waals surface area contributed by atoms with Crippen molar-refractivity contribution in [2.24, 2.45) is 0 Å². The van der Waals surface area contributed by atoms with Gasteiger partial charge in [0.05, 0.1) is 30.5 Å². The summed E-state index contributed by atoms with van der Waals surface area (Å²) in [5, 5.41) is 32.2. The number of thiazole rings is 1. The molecule has 0 fully saturated rings. The average Bonchev–Trinajstić information content (AvgIpc) is 2.80. The molecule has 0 radical (unpaired) electrons. The number of amides is 1. The third-order valence-corrected chi connectivity index (χ3v) is 3.13. The van der Waals surface area contributed by atoms with Crippen LogP contribution in [0, 0.1) is 6.92 Å². The minimum atomic E-state index is -1.40. The number of carbonyl (C=O) groups excluding carboxylic acids is 1. The van der Waals surface area contributed by atoms with Crippen LogP contribution in [0.1, 0.15) is 10.7 Å². The molecular formula is C11H16N2O4S. The fourth-order valence-corrected chi connectivity index (χ4v) is 1.77. The van der Waals surface area contributed by atoms with Crippen LogP contribution < -0.4 is 5.32 Å². The Bertz CT molecular complexity index is 418. The van der Waals surface area contributed by atoms with Crippen molar-refractivity contribution >= 4 is 23.3 Å². The summed E-state index contributed by atoms with van der Waals surface area (Å²) in [4.78, 5) is 15.7. The van der Waals surface area contributed by atoms with Crippen molar-refractivity contribution in [3.05, 3.63) is 22.2 Å². The zero-order chi connectivity index (χ0) is 13.6. The van der Waals surface area contributed by atoms with E-state index >= 15 is 0 Å². The summed E-state index contributed by atoms with van der Waals surface area (Å²) in [6.45, 7) is 0.219. The Morgan fingerprint density at radius 1 is 1.44 bits per heavy atom. The van der Waals surface area contributed by atoms with E-state index in [0.717, 1.165) is 5.01 Å². The lowest BCUT2D eigenvalue weighted by atomic mass is 10.0. The van der Waals surface area contributed by atoms with E-state index in [1.54, 1.807) is 5.38 Å². The van der Waals surface area contributed by atoms with E-state index in [0.29, 0.717) is 5.69 Å². The molecule has 6 nitrogen and oxygen atoms in total. The molecule has 0 aromatic carbocycles. The van der Waals surface area contributed by atoms with Crippen molar-refractivity contribution in [1.82, 2.24) is 10.3 Å². The fourth-order valence-electron chi connectivity index (χ4n) is 1.19. The number of aromatic nitrogens is 1. The summed E-state index contributed by atoms with van der Waals surface area (Å²) in [7, 11) is 0. The highest BCUT2D eigenvalue weighted by molar-refractivity contribution is 7.09. The third-order valence-electron chi connectivity index (χ3n) is 2.34. The maximum absolute atomic E-state index is 11.6. The molecule has 0 atom stereocenters. The molecule has 100 valence electrons. The standard InChI is InChI=1S/C11H16N2O4S/c1-8-12-9(4-18-8)2-3-10(17)13-11(5-14,6-15)7-16/h2-4,14-16H,5-7H2,1H3,(H,13,17)/b3-2+. The van der Waals surface area contributed by atoms with Gasteiger partial charge >= 0.3 is 0 Å². The van der Waals surface area contributed by atoms with Crippen LogP contribution in [0.15, 0.2) is 11.5 Å². The first-order valence-corrected chi connectivity index (χ1v) is 6.18. The Labute approximate surface area is 109 Å². The molecule has 1 rings (SSSR count). The molecule has 0 aliphatic rings. The molecule has 1 aromatic rings. The Hall–Kier alpha value is -1.28. The van der Waals surface area contributed by atoms with Crippen LogP contribution in [-0.2, 0) is 4.79 Å². The van der Waals surface area contributed by atoms with E-state index in [4.69, 9.17) is 15.3 Å². The van der Waals surface area contributed by atoms with E-state index < -0.39 is 31.3 Å². The van der Waals surface area contributed by atoms with Crippen molar-refractivity contribution in [2.75, 3.05) is 19.8 Å².